The lowest BCUT2D eigenvalue weighted by Crippen LogP contribution is -2.30. The molecule has 1 saturated carbocycles. The summed E-state index contributed by atoms with van der Waals surface area (Å²) in [5.41, 5.74) is 1.52. The number of carbonyl (C=O) groups is 2. The van der Waals surface area contributed by atoms with Gasteiger partial charge in [-0.05, 0) is 18.9 Å². The van der Waals surface area contributed by atoms with Gasteiger partial charge in [0.15, 0.2) is 5.69 Å². The lowest BCUT2D eigenvalue weighted by atomic mass is 10.1. The molecule has 1 aromatic carbocycles. The molecule has 132 valence electrons. The van der Waals surface area contributed by atoms with Gasteiger partial charge < -0.3 is 15.7 Å². The van der Waals surface area contributed by atoms with Crippen molar-refractivity contribution in [3.8, 4) is 0 Å². The van der Waals surface area contributed by atoms with E-state index < -0.39 is 0 Å². The van der Waals surface area contributed by atoms with Gasteiger partial charge in [-0.3, -0.25) is 14.3 Å². The Balaban J connectivity index is 1.91. The first-order valence-corrected chi connectivity index (χ1v) is 8.33. The minimum Gasteiger partial charge on any atom is -0.396 e. The van der Waals surface area contributed by atoms with Gasteiger partial charge in [-0.15, -0.1) is 0 Å². The summed E-state index contributed by atoms with van der Waals surface area (Å²) in [7, 11) is 1.53. The third-order valence-corrected chi connectivity index (χ3v) is 4.55. The summed E-state index contributed by atoms with van der Waals surface area (Å²) < 4.78 is 1.57. The predicted molar refractivity (Wildman–Crippen MR) is 92.3 cm³/mol. The fourth-order valence-electron chi connectivity index (χ4n) is 2.84. The lowest BCUT2D eigenvalue weighted by Gasteiger charge is -2.16. The maximum atomic E-state index is 12.7. The number of aromatic nitrogens is 2. The molecule has 1 fully saturated rings. The number of benzene rings is 1. The second-order valence-electron chi connectivity index (χ2n) is 6.28. The Kier molecular flexibility index (Phi) is 4.85. The zero-order valence-electron chi connectivity index (χ0n) is 14.3. The minimum atomic E-state index is -0.340. The van der Waals surface area contributed by atoms with Crippen molar-refractivity contribution in [2.45, 2.75) is 25.4 Å². The number of nitrogens with one attached hydrogen (secondary N) is 2. The van der Waals surface area contributed by atoms with E-state index in [-0.39, 0.29) is 42.1 Å². The molecule has 3 atom stereocenters. The molecule has 1 heterocycles. The lowest BCUT2D eigenvalue weighted by molar-refractivity contribution is 0.0932. The van der Waals surface area contributed by atoms with E-state index in [1.54, 1.807) is 4.68 Å². The summed E-state index contributed by atoms with van der Waals surface area (Å²) in [6, 6.07) is 11.0. The van der Waals surface area contributed by atoms with Crippen LogP contribution in [0.1, 0.15) is 45.9 Å². The summed E-state index contributed by atoms with van der Waals surface area (Å²) >= 11 is 0. The number of nitrogens with zero attached hydrogens (tertiary/aromatic N) is 2. The van der Waals surface area contributed by atoms with Crippen molar-refractivity contribution in [2.24, 2.45) is 5.92 Å². The highest BCUT2D eigenvalue weighted by Gasteiger charge is 2.38. The van der Waals surface area contributed by atoms with Gasteiger partial charge in [0, 0.05) is 31.7 Å². The number of amides is 2. The summed E-state index contributed by atoms with van der Waals surface area (Å²) in [4.78, 5) is 24.6. The first-order valence-electron chi connectivity index (χ1n) is 8.33. The minimum absolute atomic E-state index is 0.0173. The molecule has 25 heavy (non-hydrogen) atoms. The quantitative estimate of drug-likeness (QED) is 0.729. The van der Waals surface area contributed by atoms with Crippen molar-refractivity contribution in [3.63, 3.8) is 0 Å². The average molecular weight is 342 g/mol. The van der Waals surface area contributed by atoms with E-state index in [0.29, 0.717) is 5.69 Å². The standard InChI is InChI=1S/C18H22N4O3/c1-11(12-6-4-3-5-7-12)22-16(9-15(21-22)17(24)19-2)18(25)20-14-8-13(14)10-23/h3-7,9,11,13-14,23H,8,10H2,1-2H3,(H,19,24)(H,20,25)/t11-,13-,14-/m0/s1. The van der Waals surface area contributed by atoms with Crippen LogP contribution < -0.4 is 10.6 Å². The fourth-order valence-corrected chi connectivity index (χ4v) is 2.84. The molecule has 7 nitrogen and oxygen atoms in total. The molecule has 0 spiro atoms. The van der Waals surface area contributed by atoms with Crippen molar-refractivity contribution in [2.75, 3.05) is 13.7 Å². The Labute approximate surface area is 146 Å². The third-order valence-electron chi connectivity index (χ3n) is 4.55. The normalized spacial score (nSPS) is 20.0. The predicted octanol–water partition coefficient (Wildman–Crippen LogP) is 0.963. The monoisotopic (exact) mass is 342 g/mol. The molecular weight excluding hydrogens is 320 g/mol. The molecule has 0 aliphatic heterocycles. The molecule has 3 N–H and O–H groups in total. The van der Waals surface area contributed by atoms with Gasteiger partial charge in [0.25, 0.3) is 11.8 Å². The number of aliphatic hydroxyl groups excluding tert-OH is 1. The van der Waals surface area contributed by atoms with Crippen LogP contribution in [0.4, 0.5) is 0 Å². The van der Waals surface area contributed by atoms with E-state index in [2.05, 4.69) is 15.7 Å². The van der Waals surface area contributed by atoms with Crippen molar-refractivity contribution in [1.82, 2.24) is 20.4 Å². The first-order chi connectivity index (χ1) is 12.0. The van der Waals surface area contributed by atoms with Gasteiger partial charge >= 0.3 is 0 Å². The molecular formula is C18H22N4O3. The highest BCUT2D eigenvalue weighted by molar-refractivity contribution is 5.98. The maximum absolute atomic E-state index is 12.7. The Bertz CT molecular complexity index is 772. The van der Waals surface area contributed by atoms with E-state index in [1.165, 1.54) is 13.1 Å². The third kappa shape index (κ3) is 3.56. The molecule has 7 heteroatoms. The number of carbonyl (C=O) groups excluding carboxylic acids is 2. The van der Waals surface area contributed by atoms with E-state index in [9.17, 15) is 9.59 Å². The summed E-state index contributed by atoms with van der Waals surface area (Å²) in [5.74, 6) is -0.510. The molecule has 0 saturated heterocycles. The van der Waals surface area contributed by atoms with Gasteiger partial charge in [-0.1, -0.05) is 30.3 Å². The zero-order valence-corrected chi connectivity index (χ0v) is 14.3. The van der Waals surface area contributed by atoms with Gasteiger partial charge in [0.1, 0.15) is 5.69 Å². The van der Waals surface area contributed by atoms with Crippen molar-refractivity contribution >= 4 is 11.8 Å². The van der Waals surface area contributed by atoms with Crippen LogP contribution in [-0.2, 0) is 0 Å². The molecule has 2 aromatic rings. The molecule has 2 amide bonds. The molecule has 0 unspecified atom stereocenters. The largest absolute Gasteiger partial charge is 0.396 e. The Morgan fingerprint density at radius 1 is 1.32 bits per heavy atom. The van der Waals surface area contributed by atoms with E-state index in [1.807, 2.05) is 37.3 Å². The number of aliphatic hydroxyl groups is 1. The van der Waals surface area contributed by atoms with Crippen molar-refractivity contribution in [3.05, 3.63) is 53.3 Å². The van der Waals surface area contributed by atoms with Crippen LogP contribution >= 0.6 is 0 Å². The molecule has 0 radical (unpaired) electrons. The summed E-state index contributed by atoms with van der Waals surface area (Å²) in [5, 5.41) is 18.9. The molecule has 1 aliphatic carbocycles. The van der Waals surface area contributed by atoms with E-state index in [4.69, 9.17) is 5.11 Å². The molecule has 0 bridgehead atoms. The maximum Gasteiger partial charge on any atom is 0.271 e. The molecule has 3 rings (SSSR count). The topological polar surface area (TPSA) is 96.3 Å². The van der Waals surface area contributed by atoms with Crippen LogP contribution in [0.15, 0.2) is 36.4 Å². The Morgan fingerprint density at radius 2 is 2.04 bits per heavy atom. The van der Waals surface area contributed by atoms with Crippen LogP contribution in [0.5, 0.6) is 0 Å². The smallest absolute Gasteiger partial charge is 0.271 e. The van der Waals surface area contributed by atoms with Crippen LogP contribution in [-0.4, -0.2) is 46.4 Å². The van der Waals surface area contributed by atoms with Gasteiger partial charge in [0.05, 0.1) is 6.04 Å². The van der Waals surface area contributed by atoms with Crippen LogP contribution in [0.3, 0.4) is 0 Å². The SMILES string of the molecule is CNC(=O)c1cc(C(=O)N[C@H]2C[C@H]2CO)n([C@@H](C)c2ccccc2)n1. The number of rotatable bonds is 6. The van der Waals surface area contributed by atoms with Gasteiger partial charge in [-0.2, -0.15) is 5.10 Å². The zero-order chi connectivity index (χ0) is 18.0. The molecule has 1 aromatic heterocycles. The van der Waals surface area contributed by atoms with Crippen molar-refractivity contribution in [1.29, 1.82) is 0 Å². The van der Waals surface area contributed by atoms with Crippen LogP contribution in [0.2, 0.25) is 0 Å². The summed E-state index contributed by atoms with van der Waals surface area (Å²) in [6.07, 6.45) is 0.771. The highest BCUT2D eigenvalue weighted by atomic mass is 16.3. The average Bonchev–Trinajstić information content (AvgIpc) is 3.24. The van der Waals surface area contributed by atoms with E-state index in [0.717, 1.165) is 12.0 Å². The first kappa shape index (κ1) is 17.2. The fraction of sp³-hybridized carbons (Fsp3) is 0.389. The molecule has 1 aliphatic rings. The van der Waals surface area contributed by atoms with Crippen LogP contribution in [0, 0.1) is 5.92 Å². The highest BCUT2D eigenvalue weighted by Crippen LogP contribution is 2.30. The van der Waals surface area contributed by atoms with Gasteiger partial charge in [-0.25, -0.2) is 0 Å². The second kappa shape index (κ2) is 7.06. The number of hydrogen-bond acceptors (Lipinski definition) is 4. The summed E-state index contributed by atoms with van der Waals surface area (Å²) in [6.45, 7) is 1.99. The van der Waals surface area contributed by atoms with Gasteiger partial charge in [0.2, 0.25) is 0 Å². The Morgan fingerprint density at radius 3 is 2.64 bits per heavy atom. The Hall–Kier alpha value is -2.67. The second-order valence-corrected chi connectivity index (χ2v) is 6.28. The van der Waals surface area contributed by atoms with E-state index >= 15 is 0 Å². The van der Waals surface area contributed by atoms with Crippen molar-refractivity contribution < 1.29 is 14.7 Å². The van der Waals surface area contributed by atoms with Crippen LogP contribution in [0.25, 0.3) is 0 Å². The number of hydrogen-bond donors (Lipinski definition) is 3.